The molecule has 0 aliphatic heterocycles. The lowest BCUT2D eigenvalue weighted by Gasteiger charge is -2.11. The number of hydrogen-bond donors (Lipinski definition) is 1. The average molecular weight is 352 g/mol. The minimum Gasteiger partial charge on any atom is -0.274 e. The number of nitriles is 2. The molecular weight excluding hydrogens is 348 g/mol. The Hall–Kier alpha value is -1.77. The van der Waals surface area contributed by atoms with Crippen LogP contribution in [0.15, 0.2) is 21.7 Å². The monoisotopic (exact) mass is 350 g/mol. The Balaban J connectivity index is 3.17. The molecule has 0 aliphatic carbocycles. The normalized spacial score (nSPS) is 10.3. The van der Waals surface area contributed by atoms with Crippen molar-refractivity contribution in [2.24, 2.45) is 5.10 Å². The fraction of sp³-hybridized carbons (Fsp3) is 0.100. The first kappa shape index (κ1) is 15.3. The van der Waals surface area contributed by atoms with Gasteiger partial charge in [-0.1, -0.05) is 11.6 Å². The average Bonchev–Trinajstić information content (AvgIpc) is 2.31. The minimum absolute atomic E-state index is 0.00584. The van der Waals surface area contributed by atoms with Crippen molar-refractivity contribution < 1.29 is 13.2 Å². The third kappa shape index (κ3) is 3.85. The van der Waals surface area contributed by atoms with Crippen LogP contribution in [-0.2, 0) is 6.18 Å². The molecule has 0 heterocycles. The Labute approximate surface area is 119 Å². The Morgan fingerprint density at radius 2 is 1.89 bits per heavy atom. The molecule has 0 bridgehead atoms. The summed E-state index contributed by atoms with van der Waals surface area (Å²) in [5, 5.41) is 20.1. The molecule has 0 aliphatic rings. The SMILES string of the molecule is N#CC(C#N)=NNc1c(Cl)cc(C(F)(F)F)cc1Br. The van der Waals surface area contributed by atoms with Crippen molar-refractivity contribution in [2.45, 2.75) is 6.18 Å². The molecule has 0 aromatic heterocycles. The number of nitrogens with one attached hydrogen (secondary N) is 1. The van der Waals surface area contributed by atoms with Gasteiger partial charge in [0.05, 0.1) is 16.3 Å². The molecular formula is C10H3BrClF3N4. The lowest BCUT2D eigenvalue weighted by molar-refractivity contribution is -0.137. The van der Waals surface area contributed by atoms with Gasteiger partial charge in [-0.15, -0.1) is 0 Å². The second-order valence-electron chi connectivity index (χ2n) is 3.11. The summed E-state index contributed by atoms with van der Waals surface area (Å²) in [5.74, 6) is 0. The molecule has 9 heteroatoms. The number of rotatable bonds is 2. The van der Waals surface area contributed by atoms with Crippen LogP contribution < -0.4 is 5.43 Å². The van der Waals surface area contributed by atoms with Gasteiger partial charge in [-0.05, 0) is 28.1 Å². The van der Waals surface area contributed by atoms with Crippen molar-refractivity contribution in [1.82, 2.24) is 0 Å². The molecule has 1 aromatic rings. The largest absolute Gasteiger partial charge is 0.416 e. The van der Waals surface area contributed by atoms with Gasteiger partial charge >= 0.3 is 6.18 Å². The number of halogens is 5. The summed E-state index contributed by atoms with van der Waals surface area (Å²) in [6.45, 7) is 0. The molecule has 98 valence electrons. The molecule has 0 fully saturated rings. The smallest absolute Gasteiger partial charge is 0.274 e. The first-order chi connectivity index (χ1) is 8.79. The number of hydrazone groups is 1. The number of hydrogen-bond acceptors (Lipinski definition) is 4. The second kappa shape index (κ2) is 5.91. The molecule has 1 N–H and O–H groups in total. The van der Waals surface area contributed by atoms with E-state index in [2.05, 4.69) is 26.5 Å². The van der Waals surface area contributed by atoms with Crippen molar-refractivity contribution in [3.63, 3.8) is 0 Å². The minimum atomic E-state index is -4.53. The maximum atomic E-state index is 12.5. The maximum absolute atomic E-state index is 12.5. The van der Waals surface area contributed by atoms with Crippen molar-refractivity contribution in [3.05, 3.63) is 27.2 Å². The highest BCUT2D eigenvalue weighted by atomic mass is 79.9. The van der Waals surface area contributed by atoms with Crippen LogP contribution >= 0.6 is 27.5 Å². The van der Waals surface area contributed by atoms with Gasteiger partial charge in [0.1, 0.15) is 12.1 Å². The molecule has 0 saturated heterocycles. The van der Waals surface area contributed by atoms with Crippen LogP contribution in [0, 0.1) is 22.7 Å². The van der Waals surface area contributed by atoms with Gasteiger partial charge in [0.2, 0.25) is 5.71 Å². The summed E-state index contributed by atoms with van der Waals surface area (Å²) >= 11 is 8.59. The summed E-state index contributed by atoms with van der Waals surface area (Å²) in [6.07, 6.45) is -4.53. The molecule has 0 unspecified atom stereocenters. The highest BCUT2D eigenvalue weighted by Gasteiger charge is 2.31. The van der Waals surface area contributed by atoms with Gasteiger partial charge in [0.25, 0.3) is 0 Å². The third-order valence-corrected chi connectivity index (χ3v) is 2.78. The first-order valence-electron chi connectivity index (χ1n) is 4.49. The van der Waals surface area contributed by atoms with Crippen LogP contribution in [-0.4, -0.2) is 5.71 Å². The van der Waals surface area contributed by atoms with Crippen LogP contribution in [0.5, 0.6) is 0 Å². The summed E-state index contributed by atoms with van der Waals surface area (Å²) in [5.41, 5.74) is 0.870. The van der Waals surface area contributed by atoms with E-state index in [1.54, 1.807) is 0 Å². The van der Waals surface area contributed by atoms with E-state index in [1.807, 2.05) is 0 Å². The van der Waals surface area contributed by atoms with Crippen molar-refractivity contribution in [3.8, 4) is 12.1 Å². The fourth-order valence-corrected chi connectivity index (χ4v) is 1.96. The topological polar surface area (TPSA) is 72.0 Å². The van der Waals surface area contributed by atoms with E-state index in [4.69, 9.17) is 22.1 Å². The van der Waals surface area contributed by atoms with Gasteiger partial charge in [0, 0.05) is 4.47 Å². The molecule has 0 spiro atoms. The van der Waals surface area contributed by atoms with E-state index in [0.717, 1.165) is 6.07 Å². The van der Waals surface area contributed by atoms with Gasteiger partial charge in [0.15, 0.2) is 0 Å². The number of anilines is 1. The zero-order valence-corrected chi connectivity index (χ0v) is 11.2. The number of benzene rings is 1. The Morgan fingerprint density at radius 3 is 2.32 bits per heavy atom. The lowest BCUT2D eigenvalue weighted by Crippen LogP contribution is -2.06. The molecule has 0 radical (unpaired) electrons. The molecule has 4 nitrogen and oxygen atoms in total. The predicted molar refractivity (Wildman–Crippen MR) is 66.4 cm³/mol. The molecule has 0 atom stereocenters. The summed E-state index contributed by atoms with van der Waals surface area (Å²) in [6, 6.07) is 4.49. The van der Waals surface area contributed by atoms with E-state index in [1.165, 1.54) is 12.1 Å². The van der Waals surface area contributed by atoms with Crippen molar-refractivity contribution in [2.75, 3.05) is 5.43 Å². The zero-order chi connectivity index (χ0) is 14.6. The molecule has 0 saturated carbocycles. The zero-order valence-electron chi connectivity index (χ0n) is 8.89. The molecule has 19 heavy (non-hydrogen) atoms. The Kier molecular flexibility index (Phi) is 4.76. The van der Waals surface area contributed by atoms with Gasteiger partial charge in [-0.25, -0.2) is 0 Å². The van der Waals surface area contributed by atoms with E-state index >= 15 is 0 Å². The van der Waals surface area contributed by atoms with Crippen LogP contribution in [0.25, 0.3) is 0 Å². The summed E-state index contributed by atoms with van der Waals surface area (Å²) < 4.78 is 37.5. The predicted octanol–water partition coefficient (Wildman–Crippen LogP) is 3.94. The van der Waals surface area contributed by atoms with Gasteiger partial charge in [-0.3, -0.25) is 5.43 Å². The van der Waals surface area contributed by atoms with E-state index in [0.29, 0.717) is 6.07 Å². The summed E-state index contributed by atoms with van der Waals surface area (Å²) in [7, 11) is 0. The Morgan fingerprint density at radius 1 is 1.32 bits per heavy atom. The quantitative estimate of drug-likeness (QED) is 0.648. The molecule has 0 amide bonds. The van der Waals surface area contributed by atoms with Crippen LogP contribution in [0.4, 0.5) is 18.9 Å². The summed E-state index contributed by atoms with van der Waals surface area (Å²) in [4.78, 5) is 0. The standard InChI is InChI=1S/C10H3BrClF3N4/c11-7-1-5(10(13,14)15)2-8(12)9(7)19-18-6(3-16)4-17/h1-2,19H. The van der Waals surface area contributed by atoms with E-state index < -0.39 is 17.5 Å². The number of alkyl halides is 3. The molecule has 1 rings (SSSR count). The van der Waals surface area contributed by atoms with Gasteiger partial charge < -0.3 is 0 Å². The van der Waals surface area contributed by atoms with E-state index in [9.17, 15) is 13.2 Å². The van der Waals surface area contributed by atoms with Gasteiger partial charge in [-0.2, -0.15) is 28.8 Å². The second-order valence-corrected chi connectivity index (χ2v) is 4.37. The fourth-order valence-electron chi connectivity index (χ4n) is 1.03. The van der Waals surface area contributed by atoms with Crippen LogP contribution in [0.1, 0.15) is 5.56 Å². The third-order valence-electron chi connectivity index (χ3n) is 1.86. The molecule has 1 aromatic carbocycles. The van der Waals surface area contributed by atoms with Crippen molar-refractivity contribution >= 4 is 38.9 Å². The van der Waals surface area contributed by atoms with Crippen LogP contribution in [0.2, 0.25) is 5.02 Å². The number of nitrogens with zero attached hydrogens (tertiary/aromatic N) is 3. The van der Waals surface area contributed by atoms with E-state index in [-0.39, 0.29) is 15.2 Å². The maximum Gasteiger partial charge on any atom is 0.416 e. The van der Waals surface area contributed by atoms with Crippen molar-refractivity contribution in [1.29, 1.82) is 10.5 Å². The highest BCUT2D eigenvalue weighted by molar-refractivity contribution is 9.10. The van der Waals surface area contributed by atoms with Crippen LogP contribution in [0.3, 0.4) is 0 Å². The Bertz CT molecular complexity index is 574. The first-order valence-corrected chi connectivity index (χ1v) is 5.67. The highest BCUT2D eigenvalue weighted by Crippen LogP contribution is 2.38. The lowest BCUT2D eigenvalue weighted by atomic mass is 10.2.